The predicted octanol–water partition coefficient (Wildman–Crippen LogP) is 5.57. The average molecular weight is 437 g/mol. The summed E-state index contributed by atoms with van der Waals surface area (Å²) in [6, 6.07) is 7.22. The van der Waals surface area contributed by atoms with E-state index in [4.69, 9.17) is 4.74 Å². The van der Waals surface area contributed by atoms with Crippen molar-refractivity contribution in [3.05, 3.63) is 39.9 Å². The molecule has 0 saturated carbocycles. The zero-order chi connectivity index (χ0) is 17.9. The van der Waals surface area contributed by atoms with Crippen LogP contribution < -0.4 is 0 Å². The van der Waals surface area contributed by atoms with Crippen LogP contribution in [0.1, 0.15) is 4.88 Å². The minimum absolute atomic E-state index is 0.409. The van der Waals surface area contributed by atoms with E-state index in [-0.39, 0.29) is 0 Å². The van der Waals surface area contributed by atoms with Crippen LogP contribution >= 0.6 is 27.3 Å². The van der Waals surface area contributed by atoms with Crippen LogP contribution in [0.25, 0.3) is 10.4 Å². The molecule has 0 aliphatic carbocycles. The number of rotatable bonds is 7. The van der Waals surface area contributed by atoms with Gasteiger partial charge in [0.2, 0.25) is 5.66 Å². The molecule has 0 amide bonds. The molecule has 1 unspecified atom stereocenters. The molecule has 2 aromatic heterocycles. The van der Waals surface area contributed by atoms with Crippen LogP contribution in [0.2, 0.25) is 25.7 Å². The van der Waals surface area contributed by atoms with Gasteiger partial charge in [0.05, 0.1) is 11.5 Å². The molecule has 3 rings (SSSR count). The van der Waals surface area contributed by atoms with Crippen molar-refractivity contribution in [2.24, 2.45) is 15.2 Å². The maximum Gasteiger partial charge on any atom is 0.231 e. The Kier molecular flexibility index (Phi) is 5.62. The molecule has 3 heterocycles. The van der Waals surface area contributed by atoms with Gasteiger partial charge in [-0.25, -0.2) is 4.99 Å². The highest BCUT2D eigenvalue weighted by Gasteiger charge is 2.38. The minimum atomic E-state index is -1.12. The van der Waals surface area contributed by atoms with Crippen LogP contribution in [-0.4, -0.2) is 32.6 Å². The molecular formula is C17H21BrN4OSSi. The molecule has 0 N–H and O–H groups in total. The van der Waals surface area contributed by atoms with E-state index in [0.717, 1.165) is 32.4 Å². The van der Waals surface area contributed by atoms with E-state index in [1.165, 1.54) is 6.34 Å². The van der Waals surface area contributed by atoms with Gasteiger partial charge in [-0.05, 0) is 45.7 Å². The van der Waals surface area contributed by atoms with E-state index in [2.05, 4.69) is 61.8 Å². The lowest BCUT2D eigenvalue weighted by Crippen LogP contribution is -2.28. The van der Waals surface area contributed by atoms with Crippen molar-refractivity contribution >= 4 is 41.7 Å². The Labute approximate surface area is 161 Å². The molecule has 0 aromatic carbocycles. The number of hydrogen-bond acceptors (Lipinski definition) is 6. The quantitative estimate of drug-likeness (QED) is 0.420. The number of hydrogen-bond donors (Lipinski definition) is 0. The maximum atomic E-state index is 5.96. The Balaban J connectivity index is 1.80. The first-order chi connectivity index (χ1) is 11.9. The van der Waals surface area contributed by atoms with Crippen molar-refractivity contribution in [2.75, 3.05) is 13.2 Å². The summed E-state index contributed by atoms with van der Waals surface area (Å²) in [5.74, 6) is 0. The summed E-state index contributed by atoms with van der Waals surface area (Å²) in [5.41, 5.74) is 0.356. The van der Waals surface area contributed by atoms with Crippen molar-refractivity contribution in [2.45, 2.75) is 31.3 Å². The summed E-state index contributed by atoms with van der Waals surface area (Å²) in [4.78, 5) is 10.8. The fourth-order valence-corrected chi connectivity index (χ4v) is 5.22. The minimum Gasteiger partial charge on any atom is -0.377 e. The van der Waals surface area contributed by atoms with E-state index in [9.17, 15) is 0 Å². The number of thiophene rings is 1. The van der Waals surface area contributed by atoms with Gasteiger partial charge >= 0.3 is 0 Å². The lowest BCUT2D eigenvalue weighted by atomic mass is 10.1. The van der Waals surface area contributed by atoms with Crippen LogP contribution in [0, 0.1) is 0 Å². The second-order valence-corrected chi connectivity index (χ2v) is 14.7. The van der Waals surface area contributed by atoms with E-state index >= 15 is 0 Å². The van der Waals surface area contributed by atoms with Gasteiger partial charge < -0.3 is 4.74 Å². The Morgan fingerprint density at radius 1 is 1.24 bits per heavy atom. The van der Waals surface area contributed by atoms with Crippen LogP contribution in [-0.2, 0) is 10.4 Å². The molecule has 0 spiro atoms. The smallest absolute Gasteiger partial charge is 0.231 e. The summed E-state index contributed by atoms with van der Waals surface area (Å²) in [6.45, 7) is 8.18. The number of ether oxygens (including phenoxy) is 1. The molecular weight excluding hydrogens is 416 g/mol. The number of halogens is 1. The molecule has 1 aliphatic rings. The van der Waals surface area contributed by atoms with Crippen molar-refractivity contribution in [1.82, 2.24) is 4.98 Å². The summed E-state index contributed by atoms with van der Waals surface area (Å²) in [7, 11) is -1.12. The van der Waals surface area contributed by atoms with Crippen molar-refractivity contribution < 1.29 is 4.74 Å². The summed E-state index contributed by atoms with van der Waals surface area (Å²) >= 11 is 5.33. The first-order valence-electron chi connectivity index (χ1n) is 8.13. The van der Waals surface area contributed by atoms with Crippen LogP contribution in [0.3, 0.4) is 0 Å². The summed E-state index contributed by atoms with van der Waals surface area (Å²) < 4.78 is 6.95. The van der Waals surface area contributed by atoms with Gasteiger partial charge in [0, 0.05) is 36.4 Å². The third-order valence-electron chi connectivity index (χ3n) is 3.86. The second kappa shape index (κ2) is 7.57. The molecule has 1 atom stereocenters. The third kappa shape index (κ3) is 4.49. The van der Waals surface area contributed by atoms with E-state index in [1.54, 1.807) is 23.7 Å². The number of pyridine rings is 1. The van der Waals surface area contributed by atoms with Gasteiger partial charge in [0.1, 0.15) is 6.34 Å². The van der Waals surface area contributed by atoms with Crippen molar-refractivity contribution in [1.29, 1.82) is 0 Å². The number of aromatic nitrogens is 1. The highest BCUT2D eigenvalue weighted by molar-refractivity contribution is 9.10. The Hall–Kier alpha value is -1.22. The van der Waals surface area contributed by atoms with Gasteiger partial charge in [-0.15, -0.1) is 21.6 Å². The van der Waals surface area contributed by atoms with Gasteiger partial charge in [-0.2, -0.15) is 0 Å². The highest BCUT2D eigenvalue weighted by atomic mass is 79.9. The van der Waals surface area contributed by atoms with E-state index < -0.39 is 13.7 Å². The number of azo groups is 1. The molecule has 132 valence electrons. The maximum absolute atomic E-state index is 5.96. The van der Waals surface area contributed by atoms with Gasteiger partial charge in [0.25, 0.3) is 0 Å². The fraction of sp³-hybridized carbons (Fsp3) is 0.412. The van der Waals surface area contributed by atoms with Crippen molar-refractivity contribution in [3.63, 3.8) is 0 Å². The molecule has 1 aliphatic heterocycles. The largest absolute Gasteiger partial charge is 0.377 e. The first kappa shape index (κ1) is 18.6. The predicted molar refractivity (Wildman–Crippen MR) is 109 cm³/mol. The molecule has 0 saturated heterocycles. The highest BCUT2D eigenvalue weighted by Crippen LogP contribution is 2.44. The Bertz CT molecular complexity index is 774. The van der Waals surface area contributed by atoms with E-state index in [0.29, 0.717) is 6.61 Å². The molecule has 0 bridgehead atoms. The molecule has 5 nitrogen and oxygen atoms in total. The normalized spacial score (nSPS) is 19.7. The topological polar surface area (TPSA) is 59.2 Å². The Morgan fingerprint density at radius 2 is 2.00 bits per heavy atom. The molecule has 8 heteroatoms. The summed E-state index contributed by atoms with van der Waals surface area (Å²) in [5, 5.41) is 8.40. The third-order valence-corrected chi connectivity index (χ3v) is 7.78. The Morgan fingerprint density at radius 3 is 2.64 bits per heavy atom. The van der Waals surface area contributed by atoms with Gasteiger partial charge in [0.15, 0.2) is 0 Å². The van der Waals surface area contributed by atoms with E-state index in [1.807, 2.05) is 12.1 Å². The SMILES string of the molecule is C[Si](C)(C)CCOCC1(c2sc(-c3ccncc3)cc2Br)N=CN=N1. The fourth-order valence-electron chi connectivity index (χ4n) is 2.40. The van der Waals surface area contributed by atoms with Crippen molar-refractivity contribution in [3.8, 4) is 10.4 Å². The van der Waals surface area contributed by atoms with Gasteiger partial charge in [-0.3, -0.25) is 4.98 Å². The zero-order valence-corrected chi connectivity index (χ0v) is 18.0. The lowest BCUT2D eigenvalue weighted by Gasteiger charge is -2.22. The summed E-state index contributed by atoms with van der Waals surface area (Å²) in [6.07, 6.45) is 5.11. The second-order valence-electron chi connectivity index (χ2n) is 7.16. The monoisotopic (exact) mass is 436 g/mol. The first-order valence-corrected chi connectivity index (χ1v) is 13.4. The molecule has 25 heavy (non-hydrogen) atoms. The molecule has 2 aromatic rings. The van der Waals surface area contributed by atoms with Gasteiger partial charge in [-0.1, -0.05) is 19.6 Å². The van der Waals surface area contributed by atoms with Crippen LogP contribution in [0.4, 0.5) is 0 Å². The zero-order valence-electron chi connectivity index (χ0n) is 14.6. The van der Waals surface area contributed by atoms with Crippen LogP contribution in [0.5, 0.6) is 0 Å². The standard InChI is InChI=1S/C17H21BrN4OSSi/c1-25(2,3)9-8-23-11-17(20-12-21-22-17)16-14(18)10-15(24-16)13-4-6-19-7-5-13/h4-7,10,12H,8-9,11H2,1-3H3. The van der Waals surface area contributed by atoms with Crippen LogP contribution in [0.15, 0.2) is 50.3 Å². The number of aliphatic imine (C=N–C) groups is 1. The average Bonchev–Trinajstić information content (AvgIpc) is 3.19. The molecule has 0 radical (unpaired) electrons. The lowest BCUT2D eigenvalue weighted by molar-refractivity contribution is 0.0983. The molecule has 0 fully saturated rings. The number of nitrogens with zero attached hydrogens (tertiary/aromatic N) is 4.